The zero-order chi connectivity index (χ0) is 17.1. The molecule has 0 bridgehead atoms. The number of rotatable bonds is 8. The zero-order valence-electron chi connectivity index (χ0n) is 15.2. The Bertz CT molecular complexity index is 366. The Morgan fingerprint density at radius 3 is 2.48 bits per heavy atom. The third kappa shape index (κ3) is 7.68. The Kier molecular flexibility index (Phi) is 9.67. The molecule has 6 nitrogen and oxygen atoms in total. The SMILES string of the molecule is CCOC(CCNC(=NC)NCC(=O)N1CCCCC1)C(C)C. The number of amides is 1. The Hall–Kier alpha value is -1.30. The van der Waals surface area contributed by atoms with Gasteiger partial charge in [0.15, 0.2) is 5.96 Å². The van der Waals surface area contributed by atoms with Gasteiger partial charge in [-0.15, -0.1) is 0 Å². The maximum absolute atomic E-state index is 12.1. The van der Waals surface area contributed by atoms with Gasteiger partial charge in [0.2, 0.25) is 5.91 Å². The van der Waals surface area contributed by atoms with Crippen LogP contribution in [0.4, 0.5) is 0 Å². The van der Waals surface area contributed by atoms with E-state index < -0.39 is 0 Å². The van der Waals surface area contributed by atoms with Gasteiger partial charge in [0.25, 0.3) is 0 Å². The quantitative estimate of drug-likeness (QED) is 0.525. The van der Waals surface area contributed by atoms with Gasteiger partial charge in [-0.3, -0.25) is 9.79 Å². The van der Waals surface area contributed by atoms with Crippen LogP contribution in [0.15, 0.2) is 4.99 Å². The van der Waals surface area contributed by atoms with Gasteiger partial charge in [-0.2, -0.15) is 0 Å². The van der Waals surface area contributed by atoms with Crippen LogP contribution in [-0.2, 0) is 9.53 Å². The number of carbonyl (C=O) groups excluding carboxylic acids is 1. The molecule has 0 radical (unpaired) electrons. The lowest BCUT2D eigenvalue weighted by atomic mass is 10.0. The molecule has 0 spiro atoms. The first-order chi connectivity index (χ1) is 11.1. The molecule has 0 saturated carbocycles. The van der Waals surface area contributed by atoms with E-state index in [1.807, 2.05) is 11.8 Å². The second kappa shape index (κ2) is 11.3. The number of hydrogen-bond donors (Lipinski definition) is 2. The standard InChI is InChI=1S/C17H34N4O2/c1-5-23-15(14(2)3)9-10-19-17(18-4)20-13-16(22)21-11-7-6-8-12-21/h14-15H,5-13H2,1-4H3,(H2,18,19,20). The summed E-state index contributed by atoms with van der Waals surface area (Å²) >= 11 is 0. The van der Waals surface area contributed by atoms with Crippen LogP contribution in [-0.4, -0.2) is 62.7 Å². The number of hydrogen-bond acceptors (Lipinski definition) is 3. The molecule has 1 heterocycles. The Labute approximate surface area is 141 Å². The van der Waals surface area contributed by atoms with E-state index in [4.69, 9.17) is 4.74 Å². The van der Waals surface area contributed by atoms with E-state index in [-0.39, 0.29) is 12.0 Å². The van der Waals surface area contributed by atoms with Crippen LogP contribution in [0.5, 0.6) is 0 Å². The molecule has 1 aliphatic heterocycles. The summed E-state index contributed by atoms with van der Waals surface area (Å²) in [6, 6.07) is 0. The highest BCUT2D eigenvalue weighted by atomic mass is 16.5. The van der Waals surface area contributed by atoms with E-state index in [2.05, 4.69) is 29.5 Å². The van der Waals surface area contributed by atoms with E-state index in [1.165, 1.54) is 6.42 Å². The molecular weight excluding hydrogens is 292 g/mol. The molecule has 6 heteroatoms. The molecule has 1 saturated heterocycles. The molecule has 2 N–H and O–H groups in total. The Morgan fingerprint density at radius 1 is 1.22 bits per heavy atom. The number of guanidine groups is 1. The molecule has 1 aliphatic rings. The highest BCUT2D eigenvalue weighted by Crippen LogP contribution is 2.10. The van der Waals surface area contributed by atoms with Gasteiger partial charge in [-0.05, 0) is 38.5 Å². The van der Waals surface area contributed by atoms with E-state index in [9.17, 15) is 4.79 Å². The second-order valence-electron chi connectivity index (χ2n) is 6.32. The van der Waals surface area contributed by atoms with Crippen molar-refractivity contribution in [3.63, 3.8) is 0 Å². The fourth-order valence-electron chi connectivity index (χ4n) is 2.79. The second-order valence-corrected chi connectivity index (χ2v) is 6.32. The average molecular weight is 326 g/mol. The molecule has 0 aromatic carbocycles. The summed E-state index contributed by atoms with van der Waals surface area (Å²) in [7, 11) is 1.73. The van der Waals surface area contributed by atoms with Crippen molar-refractivity contribution in [1.29, 1.82) is 0 Å². The molecule has 23 heavy (non-hydrogen) atoms. The molecule has 1 atom stereocenters. The van der Waals surface area contributed by atoms with E-state index >= 15 is 0 Å². The summed E-state index contributed by atoms with van der Waals surface area (Å²) < 4.78 is 5.74. The van der Waals surface area contributed by atoms with Crippen LogP contribution < -0.4 is 10.6 Å². The Morgan fingerprint density at radius 2 is 1.91 bits per heavy atom. The minimum Gasteiger partial charge on any atom is -0.378 e. The smallest absolute Gasteiger partial charge is 0.241 e. The monoisotopic (exact) mass is 326 g/mol. The van der Waals surface area contributed by atoms with Crippen molar-refractivity contribution in [3.05, 3.63) is 0 Å². The molecule has 1 unspecified atom stereocenters. The number of ether oxygens (including phenoxy) is 1. The summed E-state index contributed by atoms with van der Waals surface area (Å²) in [5.41, 5.74) is 0. The molecule has 0 aromatic rings. The third-order valence-corrected chi connectivity index (χ3v) is 4.19. The molecule has 1 rings (SSSR count). The van der Waals surface area contributed by atoms with Gasteiger partial charge in [0.05, 0.1) is 12.6 Å². The highest BCUT2D eigenvalue weighted by Gasteiger charge is 2.17. The van der Waals surface area contributed by atoms with E-state index in [0.717, 1.165) is 45.5 Å². The summed E-state index contributed by atoms with van der Waals surface area (Å²) in [5.74, 6) is 1.32. The van der Waals surface area contributed by atoms with Crippen LogP contribution in [0.25, 0.3) is 0 Å². The fraction of sp³-hybridized carbons (Fsp3) is 0.882. The number of nitrogens with one attached hydrogen (secondary N) is 2. The van der Waals surface area contributed by atoms with Crippen molar-refractivity contribution >= 4 is 11.9 Å². The van der Waals surface area contributed by atoms with Crippen molar-refractivity contribution in [2.24, 2.45) is 10.9 Å². The van der Waals surface area contributed by atoms with Gasteiger partial charge < -0.3 is 20.3 Å². The normalized spacial score (nSPS) is 17.3. The lowest BCUT2D eigenvalue weighted by Crippen LogP contribution is -2.46. The van der Waals surface area contributed by atoms with E-state index in [0.29, 0.717) is 18.4 Å². The first-order valence-corrected chi connectivity index (χ1v) is 8.92. The molecule has 1 amide bonds. The molecule has 1 fully saturated rings. The molecule has 0 aliphatic carbocycles. The largest absolute Gasteiger partial charge is 0.378 e. The van der Waals surface area contributed by atoms with Gasteiger partial charge >= 0.3 is 0 Å². The van der Waals surface area contributed by atoms with Gasteiger partial charge in [0.1, 0.15) is 0 Å². The number of carbonyl (C=O) groups is 1. The first kappa shape index (κ1) is 19.7. The minimum atomic E-state index is 0.155. The molecular formula is C17H34N4O2. The maximum atomic E-state index is 12.1. The zero-order valence-corrected chi connectivity index (χ0v) is 15.2. The van der Waals surface area contributed by atoms with Crippen LogP contribution in [0.1, 0.15) is 46.5 Å². The first-order valence-electron chi connectivity index (χ1n) is 8.92. The number of likely N-dealkylation sites (tertiary alicyclic amines) is 1. The van der Waals surface area contributed by atoms with Gasteiger partial charge in [0, 0.05) is 33.3 Å². The van der Waals surface area contributed by atoms with Crippen molar-refractivity contribution in [1.82, 2.24) is 15.5 Å². The predicted molar refractivity (Wildman–Crippen MR) is 94.7 cm³/mol. The van der Waals surface area contributed by atoms with Gasteiger partial charge in [-0.1, -0.05) is 13.8 Å². The van der Waals surface area contributed by atoms with E-state index in [1.54, 1.807) is 7.05 Å². The lowest BCUT2D eigenvalue weighted by molar-refractivity contribution is -0.130. The van der Waals surface area contributed by atoms with Crippen LogP contribution in [0, 0.1) is 5.92 Å². The highest BCUT2D eigenvalue weighted by molar-refractivity contribution is 5.86. The summed E-state index contributed by atoms with van der Waals surface area (Å²) in [4.78, 5) is 18.2. The Balaban J connectivity index is 2.27. The number of nitrogens with zero attached hydrogens (tertiary/aromatic N) is 2. The molecule has 0 aromatic heterocycles. The number of piperidine rings is 1. The van der Waals surface area contributed by atoms with Crippen LogP contribution >= 0.6 is 0 Å². The summed E-state index contributed by atoms with van der Waals surface area (Å²) in [6.45, 7) is 9.96. The fourth-order valence-corrected chi connectivity index (χ4v) is 2.79. The van der Waals surface area contributed by atoms with Crippen LogP contribution in [0.2, 0.25) is 0 Å². The van der Waals surface area contributed by atoms with Crippen molar-refractivity contribution < 1.29 is 9.53 Å². The predicted octanol–water partition coefficient (Wildman–Crippen LogP) is 1.62. The van der Waals surface area contributed by atoms with Crippen LogP contribution in [0.3, 0.4) is 0 Å². The van der Waals surface area contributed by atoms with Gasteiger partial charge in [-0.25, -0.2) is 0 Å². The molecule has 134 valence electrons. The van der Waals surface area contributed by atoms with Crippen molar-refractivity contribution in [3.8, 4) is 0 Å². The summed E-state index contributed by atoms with van der Waals surface area (Å²) in [5, 5.41) is 6.37. The minimum absolute atomic E-state index is 0.155. The van der Waals surface area contributed by atoms with Crippen molar-refractivity contribution in [2.45, 2.75) is 52.6 Å². The lowest BCUT2D eigenvalue weighted by Gasteiger charge is -2.27. The number of aliphatic imine (C=N–C) groups is 1. The maximum Gasteiger partial charge on any atom is 0.241 e. The third-order valence-electron chi connectivity index (χ3n) is 4.19. The van der Waals surface area contributed by atoms with Crippen molar-refractivity contribution in [2.75, 3.05) is 39.8 Å². The summed E-state index contributed by atoms with van der Waals surface area (Å²) in [6.07, 6.45) is 4.64. The average Bonchev–Trinajstić information content (AvgIpc) is 2.57. The topological polar surface area (TPSA) is 66.0 Å².